The Bertz CT molecular complexity index is 1200. The van der Waals surface area contributed by atoms with Crippen LogP contribution in [0, 0.1) is 6.54 Å². The molecule has 0 amide bonds. The average Bonchev–Trinajstić information content (AvgIpc) is 2.56. The summed E-state index contributed by atoms with van der Waals surface area (Å²) in [6.07, 6.45) is 2.93. The van der Waals surface area contributed by atoms with Crippen LogP contribution in [0.15, 0.2) is 51.3 Å². The first kappa shape index (κ1) is 17.6. The van der Waals surface area contributed by atoms with Crippen molar-refractivity contribution in [2.24, 2.45) is 12.1 Å². The number of nitrogens with zero attached hydrogens (tertiary/aromatic N) is 4. The topological polar surface area (TPSA) is 94.8 Å². The average molecular weight is 372 g/mol. The van der Waals surface area contributed by atoms with Crippen molar-refractivity contribution in [2.45, 2.75) is 0 Å². The molecule has 0 bridgehead atoms. The summed E-state index contributed by atoms with van der Waals surface area (Å²) >= 11 is 0. The van der Waals surface area contributed by atoms with Crippen molar-refractivity contribution in [3.05, 3.63) is 69.3 Å². The van der Waals surface area contributed by atoms with E-state index in [1.807, 2.05) is 25.4 Å². The lowest BCUT2D eigenvalue weighted by atomic mass is 10.1. The minimum absolute atomic E-state index is 0.0777. The molecule has 0 spiro atoms. The molecule has 0 aliphatic carbocycles. The number of aryl methyl sites for hydroxylation is 1. The van der Waals surface area contributed by atoms with E-state index >= 15 is 0 Å². The van der Waals surface area contributed by atoms with E-state index in [0.717, 1.165) is 12.6 Å². The third-order valence-corrected chi connectivity index (χ3v) is 4.66. The molecule has 0 atom stereocenters. The first-order valence-electron chi connectivity index (χ1n) is 7.43. The van der Waals surface area contributed by atoms with Gasteiger partial charge >= 0.3 is 0 Å². The van der Waals surface area contributed by atoms with E-state index in [1.54, 1.807) is 10.6 Å². The second-order valence-electron chi connectivity index (χ2n) is 5.64. The number of aromatic nitrogens is 1. The van der Waals surface area contributed by atoms with E-state index in [-0.39, 0.29) is 5.56 Å². The molecule has 1 aromatic carbocycles. The van der Waals surface area contributed by atoms with Crippen LogP contribution < -0.4 is 10.9 Å². The summed E-state index contributed by atoms with van der Waals surface area (Å²) < 4.78 is 36.4. The highest BCUT2D eigenvalue weighted by molar-refractivity contribution is 7.90. The van der Waals surface area contributed by atoms with Crippen LogP contribution in [0.25, 0.3) is 6.08 Å². The Balaban J connectivity index is 2.22. The van der Waals surface area contributed by atoms with E-state index < -0.39 is 20.5 Å². The molecule has 1 aliphatic heterocycles. The zero-order chi connectivity index (χ0) is 19.1. The van der Waals surface area contributed by atoms with E-state index in [2.05, 4.69) is 18.5 Å². The molecule has 134 valence electrons. The molecule has 1 aromatic heterocycles. The van der Waals surface area contributed by atoms with Crippen molar-refractivity contribution in [3.63, 3.8) is 0 Å². The Hall–Kier alpha value is -3.17. The fourth-order valence-corrected chi connectivity index (χ4v) is 3.09. The van der Waals surface area contributed by atoms with Crippen LogP contribution in [-0.2, 0) is 17.2 Å². The van der Waals surface area contributed by atoms with E-state index in [4.69, 9.17) is 0 Å². The number of hydrogen-bond acceptors (Lipinski definition) is 4. The third kappa shape index (κ3) is 3.17. The molecule has 2 heterocycles. The number of rotatable bonds is 3. The molecule has 9 heteroatoms. The Morgan fingerprint density at radius 1 is 1.38 bits per heavy atom. The normalized spacial score (nSPS) is 14.5. The van der Waals surface area contributed by atoms with Crippen LogP contribution in [0.3, 0.4) is 0 Å². The van der Waals surface area contributed by atoms with Crippen molar-refractivity contribution < 1.29 is 22.2 Å². The zero-order valence-electron chi connectivity index (χ0n) is 13.9. The summed E-state index contributed by atoms with van der Waals surface area (Å²) in [5.41, 5.74) is 1.06. The molecule has 8 nitrogen and oxygen atoms in total. The second-order valence-corrected chi connectivity index (χ2v) is 7.06. The Morgan fingerprint density at radius 3 is 2.77 bits per heavy atom. The predicted molar refractivity (Wildman–Crippen MR) is 97.2 cm³/mol. The lowest BCUT2D eigenvalue weighted by molar-refractivity contribution is -0.458. The van der Waals surface area contributed by atoms with Crippen LogP contribution in [0.4, 0.5) is 11.4 Å². The van der Waals surface area contributed by atoms with Crippen molar-refractivity contribution in [1.82, 2.24) is 4.57 Å². The Labute approximate surface area is 149 Å². The molecular weight excluding hydrogens is 356 g/mol. The molecule has 0 fully saturated rings. The summed E-state index contributed by atoms with van der Waals surface area (Å²) in [6, 6.07) is 8.28. The SMILES string of the molecule is C=[N+]1[CH-]C(S(=O)(=O)O)=Cc2c1[c-]([N+](=C)N=c1ccccn1C)ccc2=O. The second kappa shape index (κ2) is 6.28. The van der Waals surface area contributed by atoms with Gasteiger partial charge in [0, 0.05) is 18.3 Å². The summed E-state index contributed by atoms with van der Waals surface area (Å²) in [5.74, 6) is 0. The monoisotopic (exact) mass is 372 g/mol. The van der Waals surface area contributed by atoms with Gasteiger partial charge in [-0.1, -0.05) is 23.8 Å². The lowest BCUT2D eigenvalue weighted by Crippen LogP contribution is -2.21. The predicted octanol–water partition coefficient (Wildman–Crippen LogP) is 0.713. The molecule has 3 rings (SSSR count). The summed E-state index contributed by atoms with van der Waals surface area (Å²) in [4.78, 5) is 11.8. The fourth-order valence-electron chi connectivity index (χ4n) is 2.56. The summed E-state index contributed by atoms with van der Waals surface area (Å²) in [6.45, 7) is 8.73. The molecule has 2 aromatic rings. The molecule has 26 heavy (non-hydrogen) atoms. The highest BCUT2D eigenvalue weighted by Crippen LogP contribution is 2.35. The van der Waals surface area contributed by atoms with Gasteiger partial charge in [0.25, 0.3) is 10.1 Å². The zero-order valence-corrected chi connectivity index (χ0v) is 14.7. The number of benzene rings is 1. The number of hydrogen-bond donors (Lipinski definition) is 1. The van der Waals surface area contributed by atoms with Crippen LogP contribution in [-0.4, -0.2) is 40.2 Å². The standard InChI is InChI=1S/C17H16N4O4S/c1-19-9-5-4-6-16(19)18-21(3)14-7-8-15(22)13-10-12(26(23,24)25)11-20(2)17(13)14/h4-11H,2-3H2,1H3,(H,23,24,25). The van der Waals surface area contributed by atoms with E-state index in [9.17, 15) is 17.8 Å². The fraction of sp³-hybridized carbons (Fsp3) is 0.0588. The van der Waals surface area contributed by atoms with Gasteiger partial charge in [0.1, 0.15) is 12.2 Å². The van der Waals surface area contributed by atoms with Gasteiger partial charge in [0.15, 0.2) is 11.2 Å². The highest BCUT2D eigenvalue weighted by atomic mass is 32.2. The molecule has 1 aliphatic rings. The van der Waals surface area contributed by atoms with Gasteiger partial charge in [-0.05, 0) is 12.1 Å². The van der Waals surface area contributed by atoms with Gasteiger partial charge in [-0.3, -0.25) is 4.55 Å². The minimum atomic E-state index is -4.48. The lowest BCUT2D eigenvalue weighted by Gasteiger charge is -2.22. The smallest absolute Gasteiger partial charge is 0.281 e. The van der Waals surface area contributed by atoms with Crippen molar-refractivity contribution >= 4 is 41.0 Å². The highest BCUT2D eigenvalue weighted by Gasteiger charge is 2.24. The maximum atomic E-state index is 12.2. The van der Waals surface area contributed by atoms with Gasteiger partial charge in [-0.2, -0.15) is 8.42 Å². The van der Waals surface area contributed by atoms with Gasteiger partial charge in [0.2, 0.25) is 0 Å². The van der Waals surface area contributed by atoms with Crippen LogP contribution in [0.2, 0.25) is 0 Å². The maximum Gasteiger partial charge on any atom is 0.281 e. The summed E-state index contributed by atoms with van der Waals surface area (Å²) in [5, 5.41) is 4.40. The number of pyridine rings is 1. The Kier molecular flexibility index (Phi) is 4.26. The van der Waals surface area contributed by atoms with Gasteiger partial charge < -0.3 is 13.9 Å². The quantitative estimate of drug-likeness (QED) is 0.282. The van der Waals surface area contributed by atoms with Crippen molar-refractivity contribution in [1.29, 1.82) is 0 Å². The molecule has 0 saturated carbocycles. The third-order valence-electron chi connectivity index (χ3n) is 3.84. The molecule has 0 radical (unpaired) electrons. The molecular formula is C17H16N4O4S. The first-order chi connectivity index (χ1) is 12.2. The summed E-state index contributed by atoms with van der Waals surface area (Å²) in [7, 11) is -2.65. The van der Waals surface area contributed by atoms with Gasteiger partial charge in [-0.15, -0.1) is 10.8 Å². The maximum absolute atomic E-state index is 12.2. The van der Waals surface area contributed by atoms with E-state index in [0.29, 0.717) is 16.9 Å². The van der Waals surface area contributed by atoms with Gasteiger partial charge in [-0.25, -0.2) is 0 Å². The largest absolute Gasteiger partial charge is 0.331 e. The van der Waals surface area contributed by atoms with E-state index in [1.165, 1.54) is 21.4 Å². The van der Waals surface area contributed by atoms with Crippen molar-refractivity contribution in [2.75, 3.05) is 0 Å². The van der Waals surface area contributed by atoms with Crippen LogP contribution in [0.5, 0.6) is 0 Å². The number of fused-ring (bicyclic) bond motifs is 1. The Morgan fingerprint density at radius 2 is 2.12 bits per heavy atom. The van der Waals surface area contributed by atoms with Crippen LogP contribution in [0.1, 0.15) is 5.56 Å². The van der Waals surface area contributed by atoms with Crippen molar-refractivity contribution in [3.8, 4) is 0 Å². The first-order valence-corrected chi connectivity index (χ1v) is 8.87. The molecule has 1 N–H and O–H groups in total. The molecule has 0 unspecified atom stereocenters. The van der Waals surface area contributed by atoms with Gasteiger partial charge in [0.05, 0.1) is 23.8 Å². The molecule has 0 saturated heterocycles. The van der Waals surface area contributed by atoms with Crippen LogP contribution >= 0.6 is 0 Å². The minimum Gasteiger partial charge on any atom is -0.331 e.